The van der Waals surface area contributed by atoms with Crippen LogP contribution in [0.25, 0.3) is 0 Å². The highest BCUT2D eigenvalue weighted by atomic mass is 32.1. The predicted molar refractivity (Wildman–Crippen MR) is 101 cm³/mol. The maximum absolute atomic E-state index is 12.1. The molecule has 138 valence electrons. The summed E-state index contributed by atoms with van der Waals surface area (Å²) in [4.78, 5) is 37.8. The van der Waals surface area contributed by atoms with Crippen LogP contribution in [0, 0.1) is 0 Å². The van der Waals surface area contributed by atoms with Crippen LogP contribution in [0.1, 0.15) is 16.1 Å². The van der Waals surface area contributed by atoms with Crippen LogP contribution in [0.2, 0.25) is 0 Å². The summed E-state index contributed by atoms with van der Waals surface area (Å²) < 4.78 is 5.05. The summed E-state index contributed by atoms with van der Waals surface area (Å²) in [6.45, 7) is 0.156. The summed E-state index contributed by atoms with van der Waals surface area (Å²) in [5.74, 6) is -0.0254. The Morgan fingerprint density at radius 2 is 1.88 bits per heavy atom. The van der Waals surface area contributed by atoms with Gasteiger partial charge in [0.2, 0.25) is 11.8 Å². The maximum Gasteiger partial charge on any atom is 0.261 e. The molecule has 2 aromatic rings. The van der Waals surface area contributed by atoms with E-state index in [9.17, 15) is 14.4 Å². The lowest BCUT2D eigenvalue weighted by molar-refractivity contribution is -0.133. The molecule has 0 saturated heterocycles. The van der Waals surface area contributed by atoms with Crippen molar-refractivity contribution in [1.82, 2.24) is 10.2 Å². The molecule has 0 saturated carbocycles. The van der Waals surface area contributed by atoms with Gasteiger partial charge in [0.05, 0.1) is 18.5 Å². The summed E-state index contributed by atoms with van der Waals surface area (Å²) in [7, 11) is 3.12. The number of hydrogen-bond acceptors (Lipinski definition) is 5. The Morgan fingerprint density at radius 3 is 2.50 bits per heavy atom. The summed E-state index contributed by atoms with van der Waals surface area (Å²) in [5, 5.41) is 7.22. The van der Waals surface area contributed by atoms with Crippen molar-refractivity contribution >= 4 is 34.7 Å². The number of ether oxygens (including phenoxy) is 1. The summed E-state index contributed by atoms with van der Waals surface area (Å²) >= 11 is 1.34. The second kappa shape index (κ2) is 9.57. The minimum atomic E-state index is -0.298. The first kappa shape index (κ1) is 19.5. The molecule has 2 N–H and O–H groups in total. The van der Waals surface area contributed by atoms with Gasteiger partial charge in [-0.05, 0) is 35.7 Å². The van der Waals surface area contributed by atoms with Gasteiger partial charge < -0.3 is 20.3 Å². The van der Waals surface area contributed by atoms with E-state index >= 15 is 0 Å². The smallest absolute Gasteiger partial charge is 0.261 e. The number of nitrogens with zero attached hydrogens (tertiary/aromatic N) is 1. The van der Waals surface area contributed by atoms with Crippen LogP contribution in [0.15, 0.2) is 41.8 Å². The zero-order valence-corrected chi connectivity index (χ0v) is 15.5. The van der Waals surface area contributed by atoms with Crippen LogP contribution < -0.4 is 15.4 Å². The molecule has 7 nitrogen and oxygen atoms in total. The van der Waals surface area contributed by atoms with Gasteiger partial charge in [-0.3, -0.25) is 14.4 Å². The molecule has 0 radical (unpaired) electrons. The first-order chi connectivity index (χ1) is 12.5. The van der Waals surface area contributed by atoms with Crippen molar-refractivity contribution in [2.24, 2.45) is 0 Å². The highest BCUT2D eigenvalue weighted by Gasteiger charge is 2.14. The monoisotopic (exact) mass is 375 g/mol. The molecule has 8 heteroatoms. The molecule has 0 spiro atoms. The Balaban J connectivity index is 1.71. The van der Waals surface area contributed by atoms with E-state index in [1.807, 2.05) is 5.38 Å². The van der Waals surface area contributed by atoms with E-state index in [1.54, 1.807) is 50.6 Å². The topological polar surface area (TPSA) is 87.7 Å². The number of likely N-dealkylation sites (N-methyl/N-ethyl adjacent to an activating group) is 1. The van der Waals surface area contributed by atoms with Gasteiger partial charge in [-0.25, -0.2) is 0 Å². The Bertz CT molecular complexity index is 744. The zero-order valence-electron chi connectivity index (χ0n) is 14.7. The molecule has 2 rings (SSSR count). The van der Waals surface area contributed by atoms with Crippen molar-refractivity contribution in [3.05, 3.63) is 46.7 Å². The van der Waals surface area contributed by atoms with Gasteiger partial charge in [0.15, 0.2) is 0 Å². The lowest BCUT2D eigenvalue weighted by Crippen LogP contribution is -2.37. The molecule has 3 amide bonds. The molecular weight excluding hydrogens is 354 g/mol. The normalized spacial score (nSPS) is 10.1. The van der Waals surface area contributed by atoms with Gasteiger partial charge in [0.25, 0.3) is 5.91 Å². The van der Waals surface area contributed by atoms with E-state index in [4.69, 9.17) is 4.74 Å². The molecule has 0 fully saturated rings. The van der Waals surface area contributed by atoms with Crippen molar-refractivity contribution in [3.63, 3.8) is 0 Å². The van der Waals surface area contributed by atoms with Gasteiger partial charge in [0, 0.05) is 25.7 Å². The van der Waals surface area contributed by atoms with E-state index in [0.29, 0.717) is 16.3 Å². The highest BCUT2D eigenvalue weighted by molar-refractivity contribution is 7.12. The lowest BCUT2D eigenvalue weighted by atomic mass is 10.3. The SMILES string of the molecule is COc1ccc(NC(=O)CN(C)C(=O)CCNC(=O)c2cccs2)cc1. The van der Waals surface area contributed by atoms with Crippen LogP contribution in [-0.2, 0) is 9.59 Å². The number of hydrogen-bond donors (Lipinski definition) is 2. The van der Waals surface area contributed by atoms with E-state index in [0.717, 1.165) is 0 Å². The zero-order chi connectivity index (χ0) is 18.9. The van der Waals surface area contributed by atoms with Crippen molar-refractivity contribution in [3.8, 4) is 5.75 Å². The number of carbonyl (C=O) groups is 3. The number of amides is 3. The predicted octanol–water partition coefficient (Wildman–Crippen LogP) is 1.97. The molecule has 0 bridgehead atoms. The Kier molecular flexibility index (Phi) is 7.16. The summed E-state index contributed by atoms with van der Waals surface area (Å²) in [6.07, 6.45) is 0.128. The number of carbonyl (C=O) groups excluding carboxylic acids is 3. The Hall–Kier alpha value is -2.87. The number of thiophene rings is 1. The number of nitrogens with one attached hydrogen (secondary N) is 2. The van der Waals surface area contributed by atoms with Crippen LogP contribution in [-0.4, -0.2) is 49.9 Å². The third-order valence-electron chi connectivity index (χ3n) is 3.55. The van der Waals surface area contributed by atoms with Crippen LogP contribution in [0.5, 0.6) is 5.75 Å². The van der Waals surface area contributed by atoms with E-state index in [1.165, 1.54) is 16.2 Å². The second-order valence-corrected chi connectivity index (χ2v) is 6.46. The number of methoxy groups -OCH3 is 1. The highest BCUT2D eigenvalue weighted by Crippen LogP contribution is 2.14. The third-order valence-corrected chi connectivity index (χ3v) is 4.42. The molecule has 0 unspecified atom stereocenters. The van der Waals surface area contributed by atoms with Crippen LogP contribution in [0.4, 0.5) is 5.69 Å². The molecule has 0 atom stereocenters. The van der Waals surface area contributed by atoms with E-state index in [2.05, 4.69) is 10.6 Å². The second-order valence-electron chi connectivity index (χ2n) is 5.51. The standard InChI is InChI=1S/C18H21N3O4S/c1-21(12-16(22)20-13-5-7-14(25-2)8-6-13)17(23)9-10-19-18(24)15-4-3-11-26-15/h3-8,11H,9-10,12H2,1-2H3,(H,19,24)(H,20,22). The molecule has 1 aromatic carbocycles. The van der Waals surface area contributed by atoms with E-state index < -0.39 is 0 Å². The minimum absolute atomic E-state index is 0.0657. The summed E-state index contributed by atoms with van der Waals surface area (Å²) in [6, 6.07) is 10.4. The fourth-order valence-electron chi connectivity index (χ4n) is 2.15. The largest absolute Gasteiger partial charge is 0.497 e. The molecule has 0 aliphatic rings. The molecular formula is C18H21N3O4S. The molecule has 1 heterocycles. The van der Waals surface area contributed by atoms with E-state index in [-0.39, 0.29) is 37.2 Å². The maximum atomic E-state index is 12.1. The van der Waals surface area contributed by atoms with Crippen molar-refractivity contribution in [2.75, 3.05) is 32.6 Å². The van der Waals surface area contributed by atoms with Crippen LogP contribution >= 0.6 is 11.3 Å². The minimum Gasteiger partial charge on any atom is -0.497 e. The van der Waals surface area contributed by atoms with Gasteiger partial charge >= 0.3 is 0 Å². The fourth-order valence-corrected chi connectivity index (χ4v) is 2.79. The van der Waals surface area contributed by atoms with Crippen molar-refractivity contribution < 1.29 is 19.1 Å². The van der Waals surface area contributed by atoms with Crippen molar-refractivity contribution in [1.29, 1.82) is 0 Å². The number of benzene rings is 1. The first-order valence-corrected chi connectivity index (χ1v) is 8.87. The summed E-state index contributed by atoms with van der Waals surface area (Å²) in [5.41, 5.74) is 0.625. The molecule has 0 aliphatic carbocycles. The number of rotatable bonds is 8. The van der Waals surface area contributed by atoms with Gasteiger partial charge in [-0.2, -0.15) is 0 Å². The quantitative estimate of drug-likeness (QED) is 0.738. The molecule has 1 aromatic heterocycles. The Morgan fingerprint density at radius 1 is 1.15 bits per heavy atom. The van der Waals surface area contributed by atoms with Gasteiger partial charge in [-0.1, -0.05) is 6.07 Å². The third kappa shape index (κ3) is 5.89. The molecule has 0 aliphatic heterocycles. The van der Waals surface area contributed by atoms with Gasteiger partial charge in [-0.15, -0.1) is 11.3 Å². The van der Waals surface area contributed by atoms with Gasteiger partial charge in [0.1, 0.15) is 5.75 Å². The molecule has 26 heavy (non-hydrogen) atoms. The number of anilines is 1. The Labute approximate surface area is 156 Å². The lowest BCUT2D eigenvalue weighted by Gasteiger charge is -2.17. The van der Waals surface area contributed by atoms with Crippen LogP contribution in [0.3, 0.4) is 0 Å². The first-order valence-electron chi connectivity index (χ1n) is 7.99. The van der Waals surface area contributed by atoms with Crippen molar-refractivity contribution in [2.45, 2.75) is 6.42 Å². The average Bonchev–Trinajstić information content (AvgIpc) is 3.16. The fraction of sp³-hybridized carbons (Fsp3) is 0.278. The average molecular weight is 375 g/mol.